The summed E-state index contributed by atoms with van der Waals surface area (Å²) in [7, 11) is 0. The van der Waals surface area contributed by atoms with E-state index in [1.807, 2.05) is 42.5 Å². The first-order valence-electron chi connectivity index (χ1n) is 13.3. The van der Waals surface area contributed by atoms with Crippen LogP contribution in [-0.2, 0) is 16.1 Å². The number of Topliss-reactive ketones (excluding diaryl/α,β-unsaturated/α-hetero) is 1. The Morgan fingerprint density at radius 2 is 1.68 bits per heavy atom. The van der Waals surface area contributed by atoms with Gasteiger partial charge in [0.25, 0.3) is 11.7 Å². The second-order valence-electron chi connectivity index (χ2n) is 9.50. The molecule has 0 aliphatic carbocycles. The number of aliphatic hydroxyl groups excluding tert-OH is 1. The quantitative estimate of drug-likeness (QED) is 0.106. The van der Waals surface area contributed by atoms with Crippen molar-refractivity contribution in [3.63, 3.8) is 0 Å². The van der Waals surface area contributed by atoms with Crippen molar-refractivity contribution in [1.82, 2.24) is 9.88 Å². The lowest BCUT2D eigenvalue weighted by Crippen LogP contribution is -2.29. The van der Waals surface area contributed by atoms with Gasteiger partial charge in [-0.25, -0.2) is 0 Å². The Morgan fingerprint density at radius 1 is 0.900 bits per heavy atom. The minimum Gasteiger partial charge on any atom is -0.507 e. The first kappa shape index (κ1) is 26.7. The zero-order chi connectivity index (χ0) is 27.9. The summed E-state index contributed by atoms with van der Waals surface area (Å²) in [4.78, 5) is 32.4. The van der Waals surface area contributed by atoms with E-state index < -0.39 is 17.7 Å². The Kier molecular flexibility index (Phi) is 8.21. The predicted octanol–water partition coefficient (Wildman–Crippen LogP) is 6.67. The number of aromatic nitrogens is 1. The molecule has 1 aromatic heterocycles. The third-order valence-electron chi connectivity index (χ3n) is 6.66. The molecule has 0 saturated carbocycles. The number of hydrogen-bond donors (Lipinski definition) is 1. The number of benzene rings is 3. The van der Waals surface area contributed by atoms with Gasteiger partial charge in [0.2, 0.25) is 0 Å². The van der Waals surface area contributed by atoms with Crippen molar-refractivity contribution in [2.75, 3.05) is 6.61 Å². The summed E-state index contributed by atoms with van der Waals surface area (Å²) in [6, 6.07) is 26.2. The molecular formula is C33H30N2O5. The largest absolute Gasteiger partial charge is 0.507 e. The van der Waals surface area contributed by atoms with Crippen LogP contribution in [-0.4, -0.2) is 33.3 Å². The molecule has 7 nitrogen and oxygen atoms in total. The summed E-state index contributed by atoms with van der Waals surface area (Å²) >= 11 is 0. The number of hydrogen-bond acceptors (Lipinski definition) is 6. The highest BCUT2D eigenvalue weighted by Gasteiger charge is 2.46. The van der Waals surface area contributed by atoms with E-state index in [4.69, 9.17) is 9.47 Å². The van der Waals surface area contributed by atoms with Crippen LogP contribution in [0.1, 0.15) is 42.5 Å². The number of aliphatic hydroxyl groups is 1. The van der Waals surface area contributed by atoms with Gasteiger partial charge in [0.1, 0.15) is 23.0 Å². The van der Waals surface area contributed by atoms with Crippen LogP contribution in [0.2, 0.25) is 0 Å². The fraction of sp³-hybridized carbons (Fsp3) is 0.182. The summed E-state index contributed by atoms with van der Waals surface area (Å²) in [5.74, 6) is 0.193. The highest BCUT2D eigenvalue weighted by molar-refractivity contribution is 6.46. The van der Waals surface area contributed by atoms with Gasteiger partial charge in [-0.3, -0.25) is 14.6 Å². The van der Waals surface area contributed by atoms with Gasteiger partial charge < -0.3 is 19.5 Å². The number of likely N-dealkylation sites (tertiary alicyclic amines) is 1. The van der Waals surface area contributed by atoms with Crippen molar-refractivity contribution in [2.24, 2.45) is 0 Å². The first-order valence-corrected chi connectivity index (χ1v) is 13.3. The van der Waals surface area contributed by atoms with Gasteiger partial charge in [-0.05, 0) is 72.1 Å². The van der Waals surface area contributed by atoms with Crippen LogP contribution in [0.3, 0.4) is 0 Å². The summed E-state index contributed by atoms with van der Waals surface area (Å²) in [6.07, 6.45) is 5.27. The Hall–Kier alpha value is -4.91. The molecule has 1 unspecified atom stereocenters. The van der Waals surface area contributed by atoms with Gasteiger partial charge >= 0.3 is 0 Å². The van der Waals surface area contributed by atoms with Crippen LogP contribution in [0.5, 0.6) is 17.2 Å². The summed E-state index contributed by atoms with van der Waals surface area (Å²) in [6.45, 7) is 2.84. The number of unbranched alkanes of at least 4 members (excludes halogenated alkanes) is 1. The second-order valence-corrected chi connectivity index (χ2v) is 9.50. The van der Waals surface area contributed by atoms with Gasteiger partial charge in [0, 0.05) is 24.5 Å². The maximum absolute atomic E-state index is 13.4. The number of ketones is 1. The molecule has 2 heterocycles. The van der Waals surface area contributed by atoms with Crippen molar-refractivity contribution in [3.8, 4) is 17.2 Å². The van der Waals surface area contributed by atoms with E-state index in [1.54, 1.807) is 60.9 Å². The zero-order valence-corrected chi connectivity index (χ0v) is 22.2. The maximum atomic E-state index is 13.4. The van der Waals surface area contributed by atoms with Crippen molar-refractivity contribution < 1.29 is 24.2 Å². The number of amides is 1. The lowest BCUT2D eigenvalue weighted by atomic mass is 9.95. The van der Waals surface area contributed by atoms with E-state index in [2.05, 4.69) is 11.9 Å². The van der Waals surface area contributed by atoms with E-state index in [0.29, 0.717) is 35.0 Å². The van der Waals surface area contributed by atoms with E-state index in [1.165, 1.54) is 4.90 Å². The van der Waals surface area contributed by atoms with Gasteiger partial charge in [-0.15, -0.1) is 0 Å². The van der Waals surface area contributed by atoms with Crippen LogP contribution >= 0.6 is 0 Å². The number of pyridine rings is 1. The van der Waals surface area contributed by atoms with Crippen LogP contribution in [0, 0.1) is 0 Å². The molecule has 0 spiro atoms. The van der Waals surface area contributed by atoms with Gasteiger partial charge in [0.05, 0.1) is 18.2 Å². The molecule has 1 saturated heterocycles. The normalized spacial score (nSPS) is 16.2. The van der Waals surface area contributed by atoms with Crippen LogP contribution < -0.4 is 9.47 Å². The maximum Gasteiger partial charge on any atom is 0.295 e. The average Bonchev–Trinajstić information content (AvgIpc) is 3.23. The molecule has 40 heavy (non-hydrogen) atoms. The second kappa shape index (κ2) is 12.3. The Labute approximate surface area is 233 Å². The minimum atomic E-state index is -0.833. The predicted molar refractivity (Wildman–Crippen MR) is 152 cm³/mol. The first-order chi connectivity index (χ1) is 19.5. The van der Waals surface area contributed by atoms with Gasteiger partial charge in [-0.2, -0.15) is 0 Å². The molecule has 5 rings (SSSR count). The van der Waals surface area contributed by atoms with Crippen LogP contribution in [0.15, 0.2) is 109 Å². The topological polar surface area (TPSA) is 89.0 Å². The minimum absolute atomic E-state index is 0.0189. The Morgan fingerprint density at radius 3 is 2.40 bits per heavy atom. The SMILES string of the molecule is CCCCOc1ccc(/C(O)=C2\C(=O)C(=O)N(Cc3cccnc3)C2c2cccc(Oc3ccccc3)c2)cc1. The van der Waals surface area contributed by atoms with E-state index >= 15 is 0 Å². The Balaban J connectivity index is 1.54. The summed E-state index contributed by atoms with van der Waals surface area (Å²) in [5.41, 5.74) is 1.84. The molecule has 0 radical (unpaired) electrons. The van der Waals surface area contributed by atoms with Crippen LogP contribution in [0.25, 0.3) is 5.76 Å². The molecule has 0 bridgehead atoms. The van der Waals surface area contributed by atoms with E-state index in [-0.39, 0.29) is 17.9 Å². The number of para-hydroxylation sites is 1. The molecule has 1 fully saturated rings. The average molecular weight is 535 g/mol. The molecule has 1 aliphatic rings. The van der Waals surface area contributed by atoms with Gasteiger partial charge in [0.15, 0.2) is 0 Å². The monoisotopic (exact) mass is 534 g/mol. The highest BCUT2D eigenvalue weighted by Crippen LogP contribution is 2.41. The summed E-state index contributed by atoms with van der Waals surface area (Å²) in [5, 5.41) is 11.4. The number of rotatable bonds is 10. The molecular weight excluding hydrogens is 504 g/mol. The molecule has 1 atom stereocenters. The number of nitrogens with zero attached hydrogens (tertiary/aromatic N) is 2. The van der Waals surface area contributed by atoms with Crippen LogP contribution in [0.4, 0.5) is 0 Å². The molecule has 7 heteroatoms. The third kappa shape index (κ3) is 5.89. The lowest BCUT2D eigenvalue weighted by molar-refractivity contribution is -0.140. The molecule has 4 aromatic rings. The lowest BCUT2D eigenvalue weighted by Gasteiger charge is -2.25. The van der Waals surface area contributed by atoms with Crippen molar-refractivity contribution >= 4 is 17.4 Å². The molecule has 3 aromatic carbocycles. The van der Waals surface area contributed by atoms with Crippen molar-refractivity contribution in [3.05, 3.63) is 126 Å². The zero-order valence-electron chi connectivity index (χ0n) is 22.2. The highest BCUT2D eigenvalue weighted by atomic mass is 16.5. The van der Waals surface area contributed by atoms with Gasteiger partial charge in [-0.1, -0.05) is 49.7 Å². The number of ether oxygens (including phenoxy) is 2. The molecule has 202 valence electrons. The van der Waals surface area contributed by atoms with Crippen molar-refractivity contribution in [2.45, 2.75) is 32.4 Å². The fourth-order valence-corrected chi connectivity index (χ4v) is 4.65. The smallest absolute Gasteiger partial charge is 0.295 e. The molecule has 1 aliphatic heterocycles. The Bertz CT molecular complexity index is 1500. The molecule has 1 amide bonds. The van der Waals surface area contributed by atoms with E-state index in [0.717, 1.165) is 18.4 Å². The van der Waals surface area contributed by atoms with E-state index in [9.17, 15) is 14.7 Å². The standard InChI is InChI=1S/C33H30N2O5/c1-2-3-19-39-26-16-14-24(15-17-26)31(36)29-30(35(33(38)32(29)37)22-23-9-8-18-34-21-23)25-10-7-13-28(20-25)40-27-11-5-4-6-12-27/h4-18,20-21,30,36H,2-3,19,22H2,1H3/b31-29+. The van der Waals surface area contributed by atoms with Crippen molar-refractivity contribution in [1.29, 1.82) is 0 Å². The summed E-state index contributed by atoms with van der Waals surface area (Å²) < 4.78 is 11.8. The third-order valence-corrected chi connectivity index (χ3v) is 6.66. The molecule has 1 N–H and O–H groups in total. The fourth-order valence-electron chi connectivity index (χ4n) is 4.65. The number of carbonyl (C=O) groups is 2. The number of carbonyl (C=O) groups excluding carboxylic acids is 2.